The molecule has 2 aromatic carbocycles. The van der Waals surface area contributed by atoms with Crippen molar-refractivity contribution in [1.29, 1.82) is 0 Å². The molecule has 0 bridgehead atoms. The number of halogens is 1. The molecule has 3 N–H and O–H groups in total. The van der Waals surface area contributed by atoms with Gasteiger partial charge >= 0.3 is 0 Å². The number of nitrogens with zero attached hydrogens (tertiary/aromatic N) is 3. The van der Waals surface area contributed by atoms with Gasteiger partial charge in [0.05, 0.1) is 5.57 Å². The Morgan fingerprint density at radius 1 is 1.23 bits per heavy atom. The zero-order chi connectivity index (χ0) is 22.1. The van der Waals surface area contributed by atoms with E-state index < -0.39 is 11.9 Å². The van der Waals surface area contributed by atoms with Crippen LogP contribution in [0.25, 0.3) is 0 Å². The Labute approximate surface area is 190 Å². The Morgan fingerprint density at radius 2 is 1.94 bits per heavy atom. The average molecular weight is 454 g/mol. The van der Waals surface area contributed by atoms with Crippen molar-refractivity contribution in [3.05, 3.63) is 81.5 Å². The molecular formula is C23H24ClN5OS. The van der Waals surface area contributed by atoms with Gasteiger partial charge in [0, 0.05) is 16.5 Å². The molecule has 6 nitrogen and oxygen atoms in total. The van der Waals surface area contributed by atoms with E-state index >= 15 is 0 Å². The van der Waals surface area contributed by atoms with Crippen molar-refractivity contribution in [2.45, 2.75) is 43.6 Å². The molecule has 1 amide bonds. The Bertz CT molecular complexity index is 1150. The predicted octanol–water partition coefficient (Wildman–Crippen LogP) is 5.12. The molecule has 31 heavy (non-hydrogen) atoms. The number of allylic oxidation sites excluding steroid dienone is 1. The first-order valence-electron chi connectivity index (χ1n) is 10.1. The van der Waals surface area contributed by atoms with Crippen LogP contribution in [-0.2, 0) is 10.5 Å². The van der Waals surface area contributed by atoms with Crippen molar-refractivity contribution in [3.8, 4) is 0 Å². The summed E-state index contributed by atoms with van der Waals surface area (Å²) in [5.74, 6) is 1.17. The molecule has 0 unspecified atom stereocenters. The summed E-state index contributed by atoms with van der Waals surface area (Å²) in [5.41, 5.74) is 10.1. The lowest BCUT2D eigenvalue weighted by Gasteiger charge is -2.27. The number of nitrogens with one attached hydrogen (secondary N) is 1. The van der Waals surface area contributed by atoms with Gasteiger partial charge in [0.1, 0.15) is 6.04 Å². The molecule has 2 heterocycles. The predicted molar refractivity (Wildman–Crippen MR) is 125 cm³/mol. The van der Waals surface area contributed by atoms with Crippen LogP contribution in [0.1, 0.15) is 49.4 Å². The fourth-order valence-electron chi connectivity index (χ4n) is 3.64. The molecule has 0 fully saturated rings. The van der Waals surface area contributed by atoms with Gasteiger partial charge in [-0.3, -0.25) is 4.79 Å². The first-order valence-corrected chi connectivity index (χ1v) is 11.4. The number of hydrogen-bond acceptors (Lipinski definition) is 5. The number of hydrogen-bond donors (Lipinski definition) is 2. The SMILES string of the molecule is CC1=C(C(N)=O)[C@H](c2ccc(C(C)C)cc2)n2nc(SCc3ccccc3Cl)nc2N1. The second kappa shape index (κ2) is 8.77. The third-order valence-corrected chi connectivity index (χ3v) is 6.59. The summed E-state index contributed by atoms with van der Waals surface area (Å²) in [4.78, 5) is 17.0. The van der Waals surface area contributed by atoms with Crippen molar-refractivity contribution in [2.24, 2.45) is 5.73 Å². The smallest absolute Gasteiger partial charge is 0.248 e. The second-order valence-electron chi connectivity index (χ2n) is 7.79. The van der Waals surface area contributed by atoms with Gasteiger partial charge in [0.25, 0.3) is 0 Å². The Balaban J connectivity index is 1.69. The molecule has 0 aliphatic carbocycles. The molecule has 1 atom stereocenters. The van der Waals surface area contributed by atoms with Crippen LogP contribution in [0.15, 0.2) is 65.0 Å². The van der Waals surface area contributed by atoms with E-state index in [2.05, 4.69) is 36.3 Å². The first kappa shape index (κ1) is 21.5. The monoisotopic (exact) mass is 453 g/mol. The van der Waals surface area contributed by atoms with Gasteiger partial charge in [-0.1, -0.05) is 79.7 Å². The fourth-order valence-corrected chi connectivity index (χ4v) is 4.76. The zero-order valence-corrected chi connectivity index (χ0v) is 19.2. The summed E-state index contributed by atoms with van der Waals surface area (Å²) in [7, 11) is 0. The van der Waals surface area contributed by atoms with Gasteiger partial charge in [-0.25, -0.2) is 4.68 Å². The van der Waals surface area contributed by atoms with Crippen LogP contribution in [0.2, 0.25) is 5.02 Å². The number of thioether (sulfide) groups is 1. The van der Waals surface area contributed by atoms with Crippen LogP contribution in [-0.4, -0.2) is 20.7 Å². The van der Waals surface area contributed by atoms with Crippen LogP contribution in [0.3, 0.4) is 0 Å². The summed E-state index contributed by atoms with van der Waals surface area (Å²) in [6, 6.07) is 15.5. The molecule has 0 saturated carbocycles. The molecule has 4 rings (SSSR count). The molecule has 0 spiro atoms. The van der Waals surface area contributed by atoms with Crippen molar-refractivity contribution >= 4 is 35.2 Å². The molecule has 1 aromatic heterocycles. The van der Waals surface area contributed by atoms with Gasteiger partial charge in [-0.15, -0.1) is 5.10 Å². The number of anilines is 1. The lowest BCUT2D eigenvalue weighted by molar-refractivity contribution is -0.115. The normalized spacial score (nSPS) is 15.7. The van der Waals surface area contributed by atoms with Crippen LogP contribution in [0, 0.1) is 0 Å². The molecule has 8 heteroatoms. The van der Waals surface area contributed by atoms with E-state index in [1.807, 2.05) is 43.3 Å². The summed E-state index contributed by atoms with van der Waals surface area (Å²) in [5, 5.41) is 9.20. The van der Waals surface area contributed by atoms with Gasteiger partial charge in [-0.2, -0.15) is 4.98 Å². The number of fused-ring (bicyclic) bond motifs is 1. The van der Waals surface area contributed by atoms with Crippen molar-refractivity contribution in [2.75, 3.05) is 5.32 Å². The Morgan fingerprint density at radius 3 is 2.58 bits per heavy atom. The molecule has 1 aliphatic heterocycles. The largest absolute Gasteiger partial charge is 0.366 e. The fraction of sp³-hybridized carbons (Fsp3) is 0.261. The summed E-state index contributed by atoms with van der Waals surface area (Å²) >= 11 is 7.77. The quantitative estimate of drug-likeness (QED) is 0.506. The number of carbonyl (C=O) groups is 1. The molecular weight excluding hydrogens is 430 g/mol. The third-order valence-electron chi connectivity index (χ3n) is 5.33. The highest BCUT2D eigenvalue weighted by Crippen LogP contribution is 2.37. The highest BCUT2D eigenvalue weighted by Gasteiger charge is 2.33. The molecule has 1 aliphatic rings. The van der Waals surface area contributed by atoms with E-state index in [0.29, 0.717) is 39.1 Å². The van der Waals surface area contributed by atoms with E-state index in [0.717, 1.165) is 11.1 Å². The Kier molecular flexibility index (Phi) is 6.07. The van der Waals surface area contributed by atoms with E-state index in [1.165, 1.54) is 17.3 Å². The number of aromatic nitrogens is 3. The number of primary amides is 1. The highest BCUT2D eigenvalue weighted by molar-refractivity contribution is 7.98. The number of nitrogens with two attached hydrogens (primary N) is 1. The molecule has 0 radical (unpaired) electrons. The first-order chi connectivity index (χ1) is 14.8. The zero-order valence-electron chi connectivity index (χ0n) is 17.6. The lowest BCUT2D eigenvalue weighted by atomic mass is 9.93. The lowest BCUT2D eigenvalue weighted by Crippen LogP contribution is -2.31. The number of benzene rings is 2. The maximum Gasteiger partial charge on any atom is 0.248 e. The second-order valence-corrected chi connectivity index (χ2v) is 9.14. The van der Waals surface area contributed by atoms with Crippen LogP contribution in [0.5, 0.6) is 0 Å². The van der Waals surface area contributed by atoms with Crippen LogP contribution >= 0.6 is 23.4 Å². The van der Waals surface area contributed by atoms with E-state index in [9.17, 15) is 4.79 Å². The summed E-state index contributed by atoms with van der Waals surface area (Å²) in [6.07, 6.45) is 0. The standard InChI is InChI=1S/C23H24ClN5OS/c1-13(2)15-8-10-16(11-9-15)20-19(21(25)30)14(3)26-22-27-23(28-29(20)22)31-12-17-6-4-5-7-18(17)24/h4-11,13,20H,12H2,1-3H3,(H2,25,30)(H,26,27,28)/t20-/m0/s1. The van der Waals surface area contributed by atoms with E-state index in [1.54, 1.807) is 4.68 Å². The maximum atomic E-state index is 12.3. The van der Waals surface area contributed by atoms with Crippen LogP contribution in [0.4, 0.5) is 5.95 Å². The molecule has 3 aromatic rings. The van der Waals surface area contributed by atoms with E-state index in [-0.39, 0.29) is 0 Å². The Hall–Kier alpha value is -2.77. The molecule has 160 valence electrons. The number of rotatable bonds is 6. The average Bonchev–Trinajstić information content (AvgIpc) is 3.14. The minimum absolute atomic E-state index is 0.421. The van der Waals surface area contributed by atoms with Crippen LogP contribution < -0.4 is 11.1 Å². The van der Waals surface area contributed by atoms with Gasteiger partial charge in [-0.05, 0) is 35.6 Å². The topological polar surface area (TPSA) is 85.8 Å². The minimum atomic E-state index is -0.477. The minimum Gasteiger partial charge on any atom is -0.366 e. The van der Waals surface area contributed by atoms with E-state index in [4.69, 9.17) is 22.4 Å². The van der Waals surface area contributed by atoms with Gasteiger partial charge in [0.15, 0.2) is 0 Å². The number of carbonyl (C=O) groups excluding carboxylic acids is 1. The highest BCUT2D eigenvalue weighted by atomic mass is 35.5. The number of amides is 1. The maximum absolute atomic E-state index is 12.3. The summed E-state index contributed by atoms with van der Waals surface area (Å²) in [6.45, 7) is 6.14. The van der Waals surface area contributed by atoms with Crippen molar-refractivity contribution in [1.82, 2.24) is 14.8 Å². The van der Waals surface area contributed by atoms with Gasteiger partial charge in [0.2, 0.25) is 17.0 Å². The molecule has 0 saturated heterocycles. The van der Waals surface area contributed by atoms with Crippen molar-refractivity contribution < 1.29 is 4.79 Å². The van der Waals surface area contributed by atoms with Gasteiger partial charge < -0.3 is 11.1 Å². The third kappa shape index (κ3) is 4.34. The summed E-state index contributed by atoms with van der Waals surface area (Å²) < 4.78 is 1.74. The van der Waals surface area contributed by atoms with Crippen molar-refractivity contribution in [3.63, 3.8) is 0 Å².